The van der Waals surface area contributed by atoms with Gasteiger partial charge in [0.25, 0.3) is 0 Å². The van der Waals surface area contributed by atoms with Crippen LogP contribution in [0.25, 0.3) is 0 Å². The summed E-state index contributed by atoms with van der Waals surface area (Å²) in [6, 6.07) is 0. The molecule has 22 heavy (non-hydrogen) atoms. The molecule has 0 atom stereocenters. The maximum atomic E-state index is 11.7. The van der Waals surface area contributed by atoms with Crippen LogP contribution in [0.4, 0.5) is 0 Å². The van der Waals surface area contributed by atoms with Gasteiger partial charge in [-0.3, -0.25) is 0 Å². The van der Waals surface area contributed by atoms with Crippen LogP contribution >= 0.6 is 44.8 Å². The van der Waals surface area contributed by atoms with Gasteiger partial charge in [0, 0.05) is 0 Å². The lowest BCUT2D eigenvalue weighted by molar-refractivity contribution is -0.138. The van der Waals surface area contributed by atoms with Gasteiger partial charge in [-0.1, -0.05) is 0 Å². The van der Waals surface area contributed by atoms with Gasteiger partial charge in [-0.15, -0.1) is 23.2 Å². The van der Waals surface area contributed by atoms with E-state index in [0.717, 1.165) is 21.6 Å². The Labute approximate surface area is 146 Å². The number of allylic oxidation sites excluding steroid dienone is 2. The van der Waals surface area contributed by atoms with Crippen LogP contribution in [0.1, 0.15) is 13.8 Å². The maximum Gasteiger partial charge on any atom is 0.349 e. The van der Waals surface area contributed by atoms with Crippen molar-refractivity contribution >= 4 is 56.7 Å². The van der Waals surface area contributed by atoms with Crippen LogP contribution in [-0.2, 0) is 19.1 Å². The molecule has 0 aromatic carbocycles. The molecule has 126 valence electrons. The molecule has 0 aliphatic carbocycles. The summed E-state index contributed by atoms with van der Waals surface area (Å²) in [7, 11) is 1.44. The molecule has 0 aliphatic heterocycles. The SMILES string of the molecule is CCOC(=O)/C(SS/C(C(=O)OCC)=C(/O)CCl)=C(\O)CCl. The normalized spacial score (nSPS) is 13.1. The largest absolute Gasteiger partial charge is 0.510 e. The number of halogens is 2. The van der Waals surface area contributed by atoms with E-state index >= 15 is 0 Å². The Hall–Kier alpha value is -0.700. The van der Waals surface area contributed by atoms with Crippen molar-refractivity contribution in [2.45, 2.75) is 13.8 Å². The van der Waals surface area contributed by atoms with E-state index in [1.54, 1.807) is 13.8 Å². The molecule has 0 saturated heterocycles. The molecular formula is C12H16Cl2O6S2. The number of ether oxygens (including phenoxy) is 2. The van der Waals surface area contributed by atoms with Gasteiger partial charge < -0.3 is 19.7 Å². The molecule has 0 unspecified atom stereocenters. The second-order valence-electron chi connectivity index (χ2n) is 3.43. The van der Waals surface area contributed by atoms with Crippen LogP contribution < -0.4 is 0 Å². The van der Waals surface area contributed by atoms with Gasteiger partial charge in [-0.05, 0) is 35.4 Å². The van der Waals surface area contributed by atoms with Crippen molar-refractivity contribution in [3.63, 3.8) is 0 Å². The average molecular weight is 391 g/mol. The topological polar surface area (TPSA) is 93.1 Å². The van der Waals surface area contributed by atoms with E-state index in [4.69, 9.17) is 32.7 Å². The Morgan fingerprint density at radius 2 is 1.18 bits per heavy atom. The number of aliphatic hydroxyl groups excluding tert-OH is 2. The molecule has 0 bridgehead atoms. The van der Waals surface area contributed by atoms with Crippen molar-refractivity contribution in [3.05, 3.63) is 21.3 Å². The van der Waals surface area contributed by atoms with Gasteiger partial charge in [0.2, 0.25) is 0 Å². The highest BCUT2D eigenvalue weighted by molar-refractivity contribution is 8.80. The fourth-order valence-corrected chi connectivity index (χ4v) is 3.67. The first-order valence-corrected chi connectivity index (χ1v) is 9.29. The molecule has 0 spiro atoms. The third-order valence-corrected chi connectivity index (χ3v) is 4.88. The zero-order valence-electron chi connectivity index (χ0n) is 11.9. The minimum Gasteiger partial charge on any atom is -0.510 e. The number of aliphatic hydroxyl groups is 2. The van der Waals surface area contributed by atoms with Gasteiger partial charge >= 0.3 is 11.9 Å². The molecule has 0 aromatic rings. The van der Waals surface area contributed by atoms with Crippen LogP contribution in [0, 0.1) is 0 Å². The summed E-state index contributed by atoms with van der Waals surface area (Å²) in [6.45, 7) is 3.43. The Kier molecular flexibility index (Phi) is 11.4. The van der Waals surface area contributed by atoms with Crippen LogP contribution in [0.2, 0.25) is 0 Å². The van der Waals surface area contributed by atoms with E-state index in [9.17, 15) is 19.8 Å². The van der Waals surface area contributed by atoms with E-state index in [0.29, 0.717) is 0 Å². The standard InChI is InChI=1S/C12H16Cl2O6S2/c1-3-19-11(17)9(7(15)5-13)21-22-10(8(16)6-14)12(18)20-4-2/h15-16H,3-6H2,1-2H3/b9-7+,10-8+. The Balaban J connectivity index is 5.23. The summed E-state index contributed by atoms with van der Waals surface area (Å²) in [6.07, 6.45) is 0. The Morgan fingerprint density at radius 3 is 1.41 bits per heavy atom. The highest BCUT2D eigenvalue weighted by atomic mass is 35.5. The Bertz CT molecular complexity index is 423. The van der Waals surface area contributed by atoms with Crippen LogP contribution in [0.3, 0.4) is 0 Å². The predicted molar refractivity (Wildman–Crippen MR) is 89.2 cm³/mol. The molecule has 0 aromatic heterocycles. The lowest BCUT2D eigenvalue weighted by Crippen LogP contribution is -2.10. The summed E-state index contributed by atoms with van der Waals surface area (Å²) in [5.41, 5.74) is 0. The van der Waals surface area contributed by atoms with Crippen molar-refractivity contribution in [2.24, 2.45) is 0 Å². The summed E-state index contributed by atoms with van der Waals surface area (Å²) < 4.78 is 9.57. The van der Waals surface area contributed by atoms with E-state index < -0.39 is 23.5 Å². The van der Waals surface area contributed by atoms with Crippen molar-refractivity contribution in [2.75, 3.05) is 25.0 Å². The molecule has 10 heteroatoms. The molecule has 2 N–H and O–H groups in total. The van der Waals surface area contributed by atoms with E-state index in [1.165, 1.54) is 0 Å². The molecule has 6 nitrogen and oxygen atoms in total. The van der Waals surface area contributed by atoms with Crippen molar-refractivity contribution in [1.82, 2.24) is 0 Å². The molecular weight excluding hydrogens is 375 g/mol. The minimum atomic E-state index is -0.785. The number of hydrogen-bond acceptors (Lipinski definition) is 8. The van der Waals surface area contributed by atoms with Crippen LogP contribution in [-0.4, -0.2) is 47.1 Å². The van der Waals surface area contributed by atoms with E-state index in [1.807, 2.05) is 0 Å². The van der Waals surface area contributed by atoms with Crippen LogP contribution in [0.15, 0.2) is 21.3 Å². The molecule has 0 radical (unpaired) electrons. The molecule has 0 amide bonds. The number of esters is 2. The fraction of sp³-hybridized carbons (Fsp3) is 0.500. The second-order valence-corrected chi connectivity index (χ2v) is 6.11. The third-order valence-electron chi connectivity index (χ3n) is 1.91. The lowest BCUT2D eigenvalue weighted by atomic mass is 10.5. The summed E-state index contributed by atoms with van der Waals surface area (Å²) in [5, 5.41) is 19.3. The molecule has 0 saturated carbocycles. The second kappa shape index (κ2) is 11.8. The van der Waals surface area contributed by atoms with E-state index in [-0.39, 0.29) is 34.8 Å². The van der Waals surface area contributed by atoms with E-state index in [2.05, 4.69) is 0 Å². The highest BCUT2D eigenvalue weighted by Gasteiger charge is 2.23. The van der Waals surface area contributed by atoms with Gasteiger partial charge in [0.15, 0.2) is 0 Å². The van der Waals surface area contributed by atoms with Gasteiger partial charge in [-0.2, -0.15) is 0 Å². The highest BCUT2D eigenvalue weighted by Crippen LogP contribution is 2.40. The summed E-state index contributed by atoms with van der Waals surface area (Å²) in [5.74, 6) is -2.97. The van der Waals surface area contributed by atoms with Gasteiger partial charge in [0.05, 0.1) is 25.0 Å². The lowest BCUT2D eigenvalue weighted by Gasteiger charge is -2.10. The fourth-order valence-electron chi connectivity index (χ4n) is 0.998. The Morgan fingerprint density at radius 1 is 0.864 bits per heavy atom. The van der Waals surface area contributed by atoms with Crippen molar-refractivity contribution < 1.29 is 29.3 Å². The predicted octanol–water partition coefficient (Wildman–Crippen LogP) is 3.51. The van der Waals surface area contributed by atoms with Crippen molar-refractivity contribution in [3.8, 4) is 0 Å². The monoisotopic (exact) mass is 390 g/mol. The van der Waals surface area contributed by atoms with Crippen LogP contribution in [0.5, 0.6) is 0 Å². The molecule has 0 aliphatic rings. The first kappa shape index (κ1) is 21.3. The zero-order chi connectivity index (χ0) is 17.1. The van der Waals surface area contributed by atoms with Gasteiger partial charge in [0.1, 0.15) is 21.3 Å². The smallest absolute Gasteiger partial charge is 0.349 e. The molecule has 0 heterocycles. The number of hydrogen-bond donors (Lipinski definition) is 2. The number of carbonyl (C=O) groups is 2. The molecule has 0 rings (SSSR count). The number of rotatable bonds is 9. The number of carbonyl (C=O) groups excluding carboxylic acids is 2. The number of alkyl halides is 2. The third kappa shape index (κ3) is 7.04. The quantitative estimate of drug-likeness (QED) is 0.203. The van der Waals surface area contributed by atoms with Crippen molar-refractivity contribution in [1.29, 1.82) is 0 Å². The maximum absolute atomic E-state index is 11.7. The summed E-state index contributed by atoms with van der Waals surface area (Å²) in [4.78, 5) is 23.1. The first-order chi connectivity index (χ1) is 10.4. The minimum absolute atomic E-state index is 0.108. The average Bonchev–Trinajstić information content (AvgIpc) is 2.50. The molecule has 0 fully saturated rings. The van der Waals surface area contributed by atoms with Gasteiger partial charge in [-0.25, -0.2) is 9.59 Å². The zero-order valence-corrected chi connectivity index (χ0v) is 15.1. The summed E-state index contributed by atoms with van der Waals surface area (Å²) >= 11 is 11.0. The first-order valence-electron chi connectivity index (χ1n) is 6.07.